The van der Waals surface area contributed by atoms with Crippen molar-refractivity contribution in [2.45, 2.75) is 6.54 Å². The largest absolute Gasteiger partial charge is 0.505 e. The number of amides is 1. The van der Waals surface area contributed by atoms with Crippen LogP contribution in [0.1, 0.15) is 11.1 Å². The van der Waals surface area contributed by atoms with Gasteiger partial charge in [-0.15, -0.1) is 0 Å². The molecule has 0 atom stereocenters. The molecule has 0 bridgehead atoms. The SMILES string of the molecule is C=N/C(=N\OCC(=O)NCc1ccc(O)c(F)c1)c1cc(O)c(O)c(Cl)c1. The van der Waals surface area contributed by atoms with E-state index in [2.05, 4.69) is 22.2 Å². The Morgan fingerprint density at radius 1 is 1.22 bits per heavy atom. The van der Waals surface area contributed by atoms with Gasteiger partial charge < -0.3 is 25.5 Å². The van der Waals surface area contributed by atoms with Crippen molar-refractivity contribution in [1.29, 1.82) is 0 Å². The molecule has 0 unspecified atom stereocenters. The molecule has 0 heterocycles. The fourth-order valence-corrected chi connectivity index (χ4v) is 2.16. The second kappa shape index (κ2) is 8.86. The zero-order valence-electron chi connectivity index (χ0n) is 13.8. The first-order valence-corrected chi connectivity index (χ1v) is 7.82. The summed E-state index contributed by atoms with van der Waals surface area (Å²) in [6.45, 7) is 2.87. The van der Waals surface area contributed by atoms with Crippen molar-refractivity contribution in [1.82, 2.24) is 5.32 Å². The van der Waals surface area contributed by atoms with Crippen molar-refractivity contribution in [2.24, 2.45) is 10.1 Å². The number of aliphatic imine (C=N–C) groups is 1. The third-order valence-corrected chi connectivity index (χ3v) is 3.59. The smallest absolute Gasteiger partial charge is 0.261 e. The Hall–Kier alpha value is -3.33. The number of nitrogens with one attached hydrogen (secondary N) is 1. The Balaban J connectivity index is 1.93. The number of carbonyl (C=O) groups excluding carboxylic acids is 1. The van der Waals surface area contributed by atoms with Crippen molar-refractivity contribution >= 4 is 30.1 Å². The van der Waals surface area contributed by atoms with E-state index in [1.165, 1.54) is 18.2 Å². The Morgan fingerprint density at radius 2 is 1.96 bits per heavy atom. The normalized spacial score (nSPS) is 11.1. The van der Waals surface area contributed by atoms with Crippen LogP contribution in [-0.4, -0.2) is 40.4 Å². The van der Waals surface area contributed by atoms with Crippen LogP contribution >= 0.6 is 11.6 Å². The van der Waals surface area contributed by atoms with E-state index in [-0.39, 0.29) is 23.0 Å². The molecule has 4 N–H and O–H groups in total. The van der Waals surface area contributed by atoms with Crippen LogP contribution in [0.4, 0.5) is 4.39 Å². The highest BCUT2D eigenvalue weighted by atomic mass is 35.5. The summed E-state index contributed by atoms with van der Waals surface area (Å²) in [5, 5.41) is 34.1. The molecule has 0 aliphatic carbocycles. The van der Waals surface area contributed by atoms with E-state index in [4.69, 9.17) is 21.5 Å². The Morgan fingerprint density at radius 3 is 2.59 bits per heavy atom. The van der Waals surface area contributed by atoms with E-state index in [0.717, 1.165) is 12.1 Å². The lowest BCUT2D eigenvalue weighted by atomic mass is 10.2. The van der Waals surface area contributed by atoms with Gasteiger partial charge in [0.2, 0.25) is 0 Å². The average molecular weight is 396 g/mol. The minimum absolute atomic E-state index is 0.0249. The number of nitrogens with zero attached hydrogens (tertiary/aromatic N) is 2. The first-order valence-electron chi connectivity index (χ1n) is 7.44. The molecule has 10 heteroatoms. The van der Waals surface area contributed by atoms with Crippen molar-refractivity contribution in [3.05, 3.63) is 52.3 Å². The lowest BCUT2D eigenvalue weighted by Crippen LogP contribution is -2.26. The van der Waals surface area contributed by atoms with Crippen LogP contribution in [0.5, 0.6) is 17.2 Å². The van der Waals surface area contributed by atoms with Gasteiger partial charge >= 0.3 is 0 Å². The monoisotopic (exact) mass is 395 g/mol. The number of phenolic OH excluding ortho intramolecular Hbond substituents is 3. The molecule has 2 aromatic carbocycles. The molecule has 142 valence electrons. The lowest BCUT2D eigenvalue weighted by molar-refractivity contribution is -0.125. The van der Waals surface area contributed by atoms with Crippen molar-refractivity contribution < 1.29 is 29.3 Å². The van der Waals surface area contributed by atoms with Crippen molar-refractivity contribution in [2.75, 3.05) is 6.61 Å². The predicted molar refractivity (Wildman–Crippen MR) is 96.7 cm³/mol. The molecule has 1 amide bonds. The number of hydrogen-bond donors (Lipinski definition) is 4. The number of amidine groups is 1. The molecular formula is C17H15ClFN3O5. The number of aromatic hydroxyl groups is 3. The molecule has 0 aromatic heterocycles. The quantitative estimate of drug-likeness (QED) is 0.258. The highest BCUT2D eigenvalue weighted by Crippen LogP contribution is 2.34. The van der Waals surface area contributed by atoms with Gasteiger partial charge in [-0.05, 0) is 36.5 Å². The summed E-state index contributed by atoms with van der Waals surface area (Å²) in [5.41, 5.74) is 0.662. The number of phenols is 3. The molecule has 0 spiro atoms. The molecule has 0 aliphatic heterocycles. The Kier molecular flexibility index (Phi) is 6.56. The summed E-state index contributed by atoms with van der Waals surface area (Å²) in [4.78, 5) is 20.2. The summed E-state index contributed by atoms with van der Waals surface area (Å²) in [5.74, 6) is -2.85. The molecular weight excluding hydrogens is 381 g/mol. The number of carbonyl (C=O) groups is 1. The lowest BCUT2D eigenvalue weighted by Gasteiger charge is -2.07. The Bertz CT molecular complexity index is 881. The maximum atomic E-state index is 13.2. The van der Waals surface area contributed by atoms with Crippen molar-refractivity contribution in [3.8, 4) is 17.2 Å². The topological polar surface area (TPSA) is 124 Å². The third kappa shape index (κ3) is 5.32. The van der Waals surface area contributed by atoms with Crippen molar-refractivity contribution in [3.63, 3.8) is 0 Å². The predicted octanol–water partition coefficient (Wildman–Crippen LogP) is 2.29. The van der Waals surface area contributed by atoms with Crippen LogP contribution in [0.25, 0.3) is 0 Å². The summed E-state index contributed by atoms with van der Waals surface area (Å²) < 4.78 is 13.2. The van der Waals surface area contributed by atoms with E-state index >= 15 is 0 Å². The van der Waals surface area contributed by atoms with Crippen LogP contribution in [0.3, 0.4) is 0 Å². The van der Waals surface area contributed by atoms with Gasteiger partial charge in [0, 0.05) is 12.1 Å². The van der Waals surface area contributed by atoms with Crippen LogP contribution in [-0.2, 0) is 16.2 Å². The summed E-state index contributed by atoms with van der Waals surface area (Å²) >= 11 is 5.75. The molecule has 0 aliphatic rings. The molecule has 2 aromatic rings. The maximum absolute atomic E-state index is 13.2. The molecule has 8 nitrogen and oxygen atoms in total. The summed E-state index contributed by atoms with van der Waals surface area (Å²) in [6, 6.07) is 6.16. The number of hydrogen-bond acceptors (Lipinski definition) is 6. The van der Waals surface area contributed by atoms with E-state index in [9.17, 15) is 19.4 Å². The van der Waals surface area contributed by atoms with Crippen LogP contribution in [0.15, 0.2) is 40.5 Å². The average Bonchev–Trinajstić information content (AvgIpc) is 2.64. The fraction of sp³-hybridized carbons (Fsp3) is 0.118. The summed E-state index contributed by atoms with van der Waals surface area (Å²) in [7, 11) is 0. The highest BCUT2D eigenvalue weighted by molar-refractivity contribution is 6.32. The van der Waals surface area contributed by atoms with Crippen LogP contribution in [0, 0.1) is 5.82 Å². The molecule has 0 saturated heterocycles. The van der Waals surface area contributed by atoms with E-state index in [0.29, 0.717) is 5.56 Å². The first kappa shape index (κ1) is 20.0. The molecule has 2 rings (SSSR count). The number of rotatable bonds is 6. The van der Waals surface area contributed by atoms with Crippen LogP contribution in [0.2, 0.25) is 5.02 Å². The second-order valence-corrected chi connectivity index (χ2v) is 5.64. The number of oxime groups is 1. The van der Waals surface area contributed by atoms with E-state index in [1.54, 1.807) is 0 Å². The van der Waals surface area contributed by atoms with Gasteiger partial charge in [0.25, 0.3) is 5.91 Å². The minimum Gasteiger partial charge on any atom is -0.505 e. The van der Waals surface area contributed by atoms with Gasteiger partial charge in [0.1, 0.15) is 0 Å². The molecule has 0 radical (unpaired) electrons. The highest BCUT2D eigenvalue weighted by Gasteiger charge is 2.12. The molecule has 27 heavy (non-hydrogen) atoms. The van der Waals surface area contributed by atoms with Crippen LogP contribution < -0.4 is 5.32 Å². The second-order valence-electron chi connectivity index (χ2n) is 5.23. The third-order valence-electron chi connectivity index (χ3n) is 3.30. The summed E-state index contributed by atoms with van der Waals surface area (Å²) in [6.07, 6.45) is 0. The fourth-order valence-electron chi connectivity index (χ4n) is 1.95. The van der Waals surface area contributed by atoms with Gasteiger partial charge in [-0.1, -0.05) is 22.8 Å². The Labute approximate surface area is 158 Å². The van der Waals surface area contributed by atoms with E-state index in [1.807, 2.05) is 0 Å². The zero-order valence-corrected chi connectivity index (χ0v) is 14.6. The molecule has 0 saturated carbocycles. The minimum atomic E-state index is -0.792. The maximum Gasteiger partial charge on any atom is 0.261 e. The van der Waals surface area contributed by atoms with Gasteiger partial charge in [-0.3, -0.25) is 4.79 Å². The van der Waals surface area contributed by atoms with Gasteiger partial charge in [-0.2, -0.15) is 0 Å². The number of benzene rings is 2. The van der Waals surface area contributed by atoms with E-state index < -0.39 is 35.6 Å². The van der Waals surface area contributed by atoms with Gasteiger partial charge in [-0.25, -0.2) is 9.38 Å². The standard InChI is InChI=1S/C17H15ClFN3O5/c1-20-17(10-5-11(18)16(26)14(24)6-10)22-27-8-15(25)21-7-9-2-3-13(23)12(19)4-9/h2-6,23-24,26H,1,7-8H2,(H,21,25)/b22-17-. The zero-order chi connectivity index (χ0) is 20.0. The van der Waals surface area contributed by atoms with Gasteiger partial charge in [0.15, 0.2) is 35.5 Å². The van der Waals surface area contributed by atoms with Gasteiger partial charge in [0.05, 0.1) is 5.02 Å². The molecule has 0 fully saturated rings. The number of halogens is 2. The first-order chi connectivity index (χ1) is 12.8.